The SMILES string of the molecule is CC(=O)Nc1cc(N=Nc2cc(N=Nc3ccc(S(=O)(=O)CCOSOO[O-])cc3S(=O)(=O)[O-])c(N)c(N=Nc3ccc(S(=O)(=O)CCOS(=O)(=O)[O-])cc3S(=O)(=O)[O-])c2N)c(S(=O)(=O)[O-])cc1N=Nc1ccc(S(=O)(=O)CCOSOO[O-])cc1.[Na+].[Na+].[Na+].[Na+].[Na+].[Na+]. The molecule has 0 saturated carbocycles. The molecule has 0 heterocycles. The Kier molecular flexibility index (Phi) is 41.9. The molecule has 5 N–H and O–H groups in total. The van der Waals surface area contributed by atoms with E-state index in [1.807, 2.05) is 0 Å². The molecule has 5 aromatic rings. The Bertz CT molecular complexity index is 4360. The Morgan fingerprint density at radius 3 is 1.24 bits per heavy atom. The number of sulfone groups is 3. The van der Waals surface area contributed by atoms with Crippen molar-refractivity contribution < 1.29 is 301 Å². The minimum absolute atomic E-state index is 0. The van der Waals surface area contributed by atoms with E-state index >= 15 is 0 Å². The summed E-state index contributed by atoms with van der Waals surface area (Å²) in [6.07, 6.45) is 0. The zero-order valence-electron chi connectivity index (χ0n) is 48.1. The van der Waals surface area contributed by atoms with Gasteiger partial charge in [-0.1, -0.05) is 0 Å². The van der Waals surface area contributed by atoms with Crippen LogP contribution in [0.2, 0.25) is 0 Å². The van der Waals surface area contributed by atoms with Gasteiger partial charge in [0.2, 0.25) is 16.3 Å². The van der Waals surface area contributed by atoms with Gasteiger partial charge in [-0.3, -0.25) is 27.4 Å². The van der Waals surface area contributed by atoms with Crippen molar-refractivity contribution in [2.24, 2.45) is 40.9 Å². The Balaban J connectivity index is 0. The molecular formula is C38H33N11Na6O28S9. The second-order valence-electron chi connectivity index (χ2n) is 15.8. The van der Waals surface area contributed by atoms with Gasteiger partial charge >= 0.3 is 177 Å². The Morgan fingerprint density at radius 2 is 0.826 bits per heavy atom. The minimum atomic E-state index is -5.74. The predicted molar refractivity (Wildman–Crippen MR) is 279 cm³/mol. The van der Waals surface area contributed by atoms with Crippen LogP contribution in [0.1, 0.15) is 6.92 Å². The van der Waals surface area contributed by atoms with Crippen molar-refractivity contribution in [2.75, 3.05) is 53.9 Å². The van der Waals surface area contributed by atoms with Gasteiger partial charge in [0.25, 0.3) is 0 Å². The van der Waals surface area contributed by atoms with Crippen molar-refractivity contribution in [3.05, 3.63) is 78.9 Å². The number of nitrogens with two attached hydrogens (primary N) is 2. The van der Waals surface area contributed by atoms with E-state index in [2.05, 4.69) is 73.3 Å². The maximum atomic E-state index is 13.0. The van der Waals surface area contributed by atoms with Crippen molar-refractivity contribution in [1.29, 1.82) is 0 Å². The number of carbonyl (C=O) groups excluding carboxylic acids is 1. The molecule has 1 amide bonds. The van der Waals surface area contributed by atoms with Gasteiger partial charge in [0, 0.05) is 6.92 Å². The van der Waals surface area contributed by atoms with Gasteiger partial charge in [0.15, 0.2) is 54.2 Å². The molecule has 0 fully saturated rings. The first kappa shape index (κ1) is 93.5. The molecular weight excluding hydrogens is 1490 g/mol. The Hall–Kier alpha value is -0.600. The van der Waals surface area contributed by atoms with Crippen LogP contribution >= 0.6 is 24.6 Å². The molecule has 92 heavy (non-hydrogen) atoms. The number of nitrogens with zero attached hydrogens (tertiary/aromatic N) is 8. The van der Waals surface area contributed by atoms with E-state index in [0.717, 1.165) is 49.4 Å². The number of azo groups is 4. The maximum Gasteiger partial charge on any atom is 1.00 e. The smallest absolute Gasteiger partial charge is 0.744 e. The number of amides is 1. The summed E-state index contributed by atoms with van der Waals surface area (Å²) in [4.78, 5) is 6.44. The summed E-state index contributed by atoms with van der Waals surface area (Å²) in [5, 5.41) is 58.5. The number of carbonyl (C=O) groups is 1. The van der Waals surface area contributed by atoms with Crippen LogP contribution in [0, 0.1) is 0 Å². The first-order chi connectivity index (χ1) is 40.0. The van der Waals surface area contributed by atoms with Crippen LogP contribution in [0.25, 0.3) is 0 Å². The quantitative estimate of drug-likeness (QED) is 0.00427. The monoisotopic (exact) mass is 1520 g/mol. The fraction of sp³-hybridized carbons (Fsp3) is 0.184. The average Bonchev–Trinajstić information content (AvgIpc) is 0.806. The fourth-order valence-electron chi connectivity index (χ4n) is 6.26. The molecule has 5 aromatic carbocycles. The van der Waals surface area contributed by atoms with Gasteiger partial charge in [-0.05, 0) is 78.9 Å². The van der Waals surface area contributed by atoms with Gasteiger partial charge in [-0.2, -0.15) is 5.11 Å². The van der Waals surface area contributed by atoms with E-state index in [9.17, 15) is 92.4 Å². The molecule has 5 rings (SSSR count). The van der Waals surface area contributed by atoms with Crippen molar-refractivity contribution >= 4 is 163 Å². The zero-order valence-corrected chi connectivity index (χ0v) is 67.4. The first-order valence-corrected chi connectivity index (χ1v) is 33.7. The van der Waals surface area contributed by atoms with Gasteiger partial charge in [0.05, 0.1) is 89.2 Å². The van der Waals surface area contributed by atoms with E-state index in [1.165, 1.54) is 0 Å². The Morgan fingerprint density at radius 1 is 0.457 bits per heavy atom. The summed E-state index contributed by atoms with van der Waals surface area (Å²) in [7, 11) is -35.6. The van der Waals surface area contributed by atoms with E-state index in [4.69, 9.17) is 15.7 Å². The molecule has 0 atom stereocenters. The molecule has 0 radical (unpaired) electrons. The van der Waals surface area contributed by atoms with E-state index < -0.39 is 195 Å². The number of hydrogen-bond donors (Lipinski definition) is 3. The normalized spacial score (nSPS) is 12.3. The van der Waals surface area contributed by atoms with Crippen LogP contribution in [-0.4, -0.2) is 120 Å². The molecule has 468 valence electrons. The molecule has 0 aliphatic rings. The van der Waals surface area contributed by atoms with Crippen LogP contribution in [0.15, 0.2) is 149 Å². The summed E-state index contributed by atoms with van der Waals surface area (Å²) in [5.41, 5.74) is 4.98. The molecule has 39 nitrogen and oxygen atoms in total. The standard InChI is InChI=1S/C38H39N11O28S9.6Na/c1-21(50)41-28-18-30(35(85(65,66)67)20-29(28)45-42-22-2-4-23(5-3-22)80(53,54)13-10-71-78-76-74-51)46-48-32-19-31(47-43-26-8-6-24(16-33(26)83(59,60)61)81(55,56)14-11-72-79-77-75-52)36(39)38(37(32)40)49-44-27-9-7-25(17-34(27)84(62,63)64)82(57,58)15-12-73-86(68,69)70;;;;;;/h2-9,16-20,51-52H,10-15,39-40H2,1H3,(H,41,50)(H,59,60,61)(H,62,63,64)(H,65,66,67)(H,68,69,70);;;;;;/q;6*+1/p-6. The van der Waals surface area contributed by atoms with E-state index in [1.54, 1.807) is 0 Å². The summed E-state index contributed by atoms with van der Waals surface area (Å²) in [6, 6.07) is 9.91. The van der Waals surface area contributed by atoms with Crippen LogP contribution in [-0.2, 0) is 106 Å². The van der Waals surface area contributed by atoms with Crippen molar-refractivity contribution in [3.63, 3.8) is 0 Å². The first-order valence-electron chi connectivity index (χ1n) is 21.9. The minimum Gasteiger partial charge on any atom is -0.744 e. The predicted octanol–water partition coefficient (Wildman–Crippen LogP) is -15.4. The maximum absolute atomic E-state index is 13.0. The largest absolute Gasteiger partial charge is 1.00 e. The van der Waals surface area contributed by atoms with Crippen LogP contribution in [0.3, 0.4) is 0 Å². The molecule has 0 aliphatic carbocycles. The number of benzene rings is 5. The number of anilines is 3. The fourth-order valence-corrected chi connectivity index (χ4v) is 12.6. The molecule has 0 saturated heterocycles. The summed E-state index contributed by atoms with van der Waals surface area (Å²) >= 11 is 0.0240. The topological polar surface area (TPSA) is 622 Å². The van der Waals surface area contributed by atoms with Crippen LogP contribution in [0.4, 0.5) is 62.6 Å². The zero-order chi connectivity index (χ0) is 64.1. The van der Waals surface area contributed by atoms with Gasteiger partial charge < -0.3 is 45.5 Å². The average molecular weight is 1520 g/mol. The second kappa shape index (κ2) is 41.2. The third-order valence-electron chi connectivity index (χ3n) is 10.0. The van der Waals surface area contributed by atoms with Crippen molar-refractivity contribution in [2.45, 2.75) is 36.3 Å². The van der Waals surface area contributed by atoms with Crippen LogP contribution in [0.5, 0.6) is 0 Å². The molecule has 0 aliphatic heterocycles. The third-order valence-corrected chi connectivity index (χ3v) is 18.9. The van der Waals surface area contributed by atoms with Crippen LogP contribution < -0.4 is 205 Å². The number of nitrogens with one attached hydrogen (secondary N) is 1. The number of hydrogen-bond acceptors (Lipinski definition) is 40. The third kappa shape index (κ3) is 28.9. The van der Waals surface area contributed by atoms with Gasteiger partial charge in [-0.15, -0.1) is 44.5 Å². The van der Waals surface area contributed by atoms with Crippen molar-refractivity contribution in [1.82, 2.24) is 0 Å². The number of rotatable bonds is 31. The Labute approximate surface area is 664 Å². The van der Waals surface area contributed by atoms with Gasteiger partial charge in [0.1, 0.15) is 70.2 Å². The van der Waals surface area contributed by atoms with Crippen molar-refractivity contribution in [3.8, 4) is 0 Å². The summed E-state index contributed by atoms with van der Waals surface area (Å²) in [6.45, 7) is -1.38. The molecule has 0 aromatic heterocycles. The molecule has 54 heteroatoms. The summed E-state index contributed by atoms with van der Waals surface area (Å²) in [5.74, 6) is -3.56. The van der Waals surface area contributed by atoms with Gasteiger partial charge in [-0.25, -0.2) is 58.9 Å². The molecule has 0 spiro atoms. The van der Waals surface area contributed by atoms with E-state index in [0.29, 0.717) is 30.3 Å². The number of nitrogen functional groups attached to an aromatic ring is 2. The second-order valence-corrected chi connectivity index (χ2v) is 28.2. The molecule has 0 unspecified atom stereocenters. The summed E-state index contributed by atoms with van der Waals surface area (Å²) < 4.78 is 244. The van der Waals surface area contributed by atoms with E-state index in [-0.39, 0.29) is 219 Å². The molecule has 0 bridgehead atoms.